The molecule has 14 nitrogen and oxygen atoms in total. The van der Waals surface area contributed by atoms with Crippen LogP contribution in [-0.4, -0.2) is 130 Å². The zero-order chi connectivity index (χ0) is 47.5. The second kappa shape index (κ2) is 24.4. The molecule has 1 amide bonds. The zero-order valence-electron chi connectivity index (χ0n) is 39.6. The molecule has 4 aliphatic rings. The van der Waals surface area contributed by atoms with Gasteiger partial charge in [-0.15, -0.1) is 0 Å². The van der Waals surface area contributed by atoms with E-state index in [1.807, 2.05) is 32.1 Å². The van der Waals surface area contributed by atoms with Crippen LogP contribution in [0.5, 0.6) is 0 Å². The fourth-order valence-electron chi connectivity index (χ4n) is 9.85. The zero-order valence-corrected chi connectivity index (χ0v) is 39.6. The molecule has 64 heavy (non-hydrogen) atoms. The van der Waals surface area contributed by atoms with E-state index in [-0.39, 0.29) is 61.2 Å². The monoisotopic (exact) mass is 900 g/mol. The fourth-order valence-corrected chi connectivity index (χ4v) is 9.85. The molecule has 0 aromatic rings. The van der Waals surface area contributed by atoms with E-state index in [1.165, 1.54) is 7.11 Å². The highest BCUT2D eigenvalue weighted by molar-refractivity contribution is 6.39. The number of rotatable bonds is 5. The maximum atomic E-state index is 14.3. The predicted octanol–water partition coefficient (Wildman–Crippen LogP) is 5.53. The van der Waals surface area contributed by atoms with Gasteiger partial charge in [-0.3, -0.25) is 19.2 Å². The Kier molecular flexibility index (Phi) is 20.3. The van der Waals surface area contributed by atoms with Gasteiger partial charge in [0, 0.05) is 51.4 Å². The van der Waals surface area contributed by atoms with Crippen LogP contribution in [-0.2, 0) is 42.9 Å². The molecule has 15 atom stereocenters. The Morgan fingerprint density at radius 1 is 0.859 bits per heavy atom. The molecule has 360 valence electrons. The Balaban J connectivity index is 1.69. The third-order valence-corrected chi connectivity index (χ3v) is 14.2. The molecular formula is C50H77NO13. The number of ether oxygens (including phenoxy) is 4. The number of Topliss-reactive ketones (excluding diaryl/α,β-unsaturated/α-hetero) is 3. The fraction of sp³-hybridized carbons (Fsp3) is 0.740. The summed E-state index contributed by atoms with van der Waals surface area (Å²) in [5.41, 5.74) is 1.000. The number of cyclic esters (lactones) is 1. The smallest absolute Gasteiger partial charge is 0.329 e. The molecule has 1 aliphatic carbocycles. The number of methoxy groups -OCH3 is 2. The van der Waals surface area contributed by atoms with Crippen LogP contribution >= 0.6 is 0 Å². The van der Waals surface area contributed by atoms with Gasteiger partial charge in [0.2, 0.25) is 5.79 Å². The molecule has 3 fully saturated rings. The van der Waals surface area contributed by atoms with Gasteiger partial charge in [-0.1, -0.05) is 71.1 Å². The number of aliphatic hydroxyl groups is 4. The van der Waals surface area contributed by atoms with E-state index < -0.39 is 83.9 Å². The predicted molar refractivity (Wildman–Crippen MR) is 240 cm³/mol. The number of carbonyl (C=O) groups is 5. The average molecular weight is 900 g/mol. The maximum Gasteiger partial charge on any atom is 0.329 e. The number of aliphatic hydroxyl groups excluding tert-OH is 3. The van der Waals surface area contributed by atoms with Crippen LogP contribution in [0.15, 0.2) is 47.6 Å². The molecule has 1 unspecified atom stereocenters. The first-order chi connectivity index (χ1) is 30.2. The minimum absolute atomic E-state index is 0.00489. The quantitative estimate of drug-likeness (QED) is 0.153. The molecule has 1 saturated carbocycles. The van der Waals surface area contributed by atoms with Crippen molar-refractivity contribution in [3.63, 3.8) is 0 Å². The van der Waals surface area contributed by atoms with Crippen LogP contribution in [0.4, 0.5) is 0 Å². The summed E-state index contributed by atoms with van der Waals surface area (Å²) in [5.74, 6) is -8.24. The standard InChI is InChI=1S/C50H77NO13/c1-29-15-11-10-12-16-30(2)40(53)27-37-20-18-35(7)50(60,64-37)47(57)48(58)51-22-14-13-17-38(51)49(59)63-42(32(4)25-36-19-21-39(52)43(26-36)61-8)28-41(54)31(3)24-34(6)45(56)46(62-9)44(55)33(5)23-29/h10-12,15-16,24,29,31-33,35-40,42-43,45-46,52-53,56,60H,13-14,17-23,25-28H2,1-9H3/b12-10+,15-11+,30-16+,34-24+/t29-,31-,32-,33-,35-,36+,37+,38+,39-,40?,42+,43-,45-,46+,50+/m1/s1. The molecule has 0 aromatic carbocycles. The molecule has 0 spiro atoms. The molecular weight excluding hydrogens is 823 g/mol. The molecule has 0 aromatic heterocycles. The number of carbonyl (C=O) groups excluding carboxylic acids is 5. The molecule has 3 aliphatic heterocycles. The van der Waals surface area contributed by atoms with Crippen molar-refractivity contribution in [1.82, 2.24) is 4.90 Å². The van der Waals surface area contributed by atoms with Gasteiger partial charge < -0.3 is 44.3 Å². The normalized spacial score (nSPS) is 40.9. The van der Waals surface area contributed by atoms with E-state index in [0.717, 1.165) is 4.90 Å². The van der Waals surface area contributed by atoms with Crippen molar-refractivity contribution >= 4 is 29.2 Å². The number of esters is 1. The first-order valence-corrected chi connectivity index (χ1v) is 23.5. The van der Waals surface area contributed by atoms with Gasteiger partial charge in [0.25, 0.3) is 11.7 Å². The van der Waals surface area contributed by atoms with E-state index in [2.05, 4.69) is 0 Å². The van der Waals surface area contributed by atoms with E-state index in [4.69, 9.17) is 18.9 Å². The van der Waals surface area contributed by atoms with Crippen molar-refractivity contribution in [2.24, 2.45) is 35.5 Å². The summed E-state index contributed by atoms with van der Waals surface area (Å²) >= 11 is 0. The van der Waals surface area contributed by atoms with Crippen LogP contribution in [0, 0.1) is 35.5 Å². The van der Waals surface area contributed by atoms with E-state index in [9.17, 15) is 44.4 Å². The summed E-state index contributed by atoms with van der Waals surface area (Å²) < 4.78 is 23.3. The highest BCUT2D eigenvalue weighted by Gasteiger charge is 2.53. The van der Waals surface area contributed by atoms with Crippen LogP contribution in [0.2, 0.25) is 0 Å². The summed E-state index contributed by atoms with van der Waals surface area (Å²) in [6.07, 6.45) is 9.53. The Labute approximate surface area is 380 Å². The van der Waals surface area contributed by atoms with Gasteiger partial charge >= 0.3 is 5.97 Å². The van der Waals surface area contributed by atoms with Gasteiger partial charge in [0.05, 0.1) is 24.4 Å². The lowest BCUT2D eigenvalue weighted by molar-refractivity contribution is -0.265. The maximum absolute atomic E-state index is 14.3. The van der Waals surface area contributed by atoms with E-state index in [0.29, 0.717) is 68.9 Å². The van der Waals surface area contributed by atoms with Crippen LogP contribution in [0.25, 0.3) is 0 Å². The van der Waals surface area contributed by atoms with Gasteiger partial charge in [-0.05, 0) is 107 Å². The topological polar surface area (TPSA) is 206 Å². The number of ketones is 3. The first kappa shape index (κ1) is 53.2. The Morgan fingerprint density at radius 3 is 2.27 bits per heavy atom. The third kappa shape index (κ3) is 13.8. The van der Waals surface area contributed by atoms with Crippen molar-refractivity contribution in [3.8, 4) is 0 Å². The lowest BCUT2D eigenvalue weighted by Crippen LogP contribution is -2.61. The minimum Gasteiger partial charge on any atom is -0.460 e. The van der Waals surface area contributed by atoms with Crippen molar-refractivity contribution in [2.45, 2.75) is 180 Å². The lowest BCUT2D eigenvalue weighted by Gasteiger charge is -2.42. The Hall–Kier alpha value is -3.37. The number of hydrogen-bond donors (Lipinski definition) is 4. The number of fused-ring (bicyclic) bond motifs is 3. The molecule has 14 heteroatoms. The van der Waals surface area contributed by atoms with Gasteiger partial charge in [0.1, 0.15) is 30.1 Å². The number of hydrogen-bond acceptors (Lipinski definition) is 13. The number of allylic oxidation sites excluding steroid dienone is 6. The summed E-state index contributed by atoms with van der Waals surface area (Å²) in [7, 11) is 2.93. The van der Waals surface area contributed by atoms with Crippen LogP contribution in [0.3, 0.4) is 0 Å². The Morgan fingerprint density at radius 2 is 1.58 bits per heavy atom. The third-order valence-electron chi connectivity index (χ3n) is 14.2. The number of piperidine rings is 1. The number of nitrogens with zero attached hydrogens (tertiary/aromatic N) is 1. The molecule has 4 rings (SSSR count). The molecule has 4 N–H and O–H groups in total. The molecule has 3 heterocycles. The summed E-state index contributed by atoms with van der Waals surface area (Å²) in [6, 6.07) is -1.16. The number of amides is 1. The molecule has 0 radical (unpaired) electrons. The first-order valence-electron chi connectivity index (χ1n) is 23.5. The molecule has 2 bridgehead atoms. The van der Waals surface area contributed by atoms with Crippen molar-refractivity contribution in [1.29, 1.82) is 0 Å². The van der Waals surface area contributed by atoms with Crippen LogP contribution < -0.4 is 0 Å². The average Bonchev–Trinajstić information content (AvgIpc) is 3.26. The van der Waals surface area contributed by atoms with Crippen LogP contribution in [0.1, 0.15) is 126 Å². The summed E-state index contributed by atoms with van der Waals surface area (Å²) in [5, 5.41) is 44.8. The van der Waals surface area contributed by atoms with Gasteiger partial charge in [-0.2, -0.15) is 0 Å². The molecule has 2 saturated heterocycles. The summed E-state index contributed by atoms with van der Waals surface area (Å²) in [6.45, 7) is 12.5. The van der Waals surface area contributed by atoms with Crippen molar-refractivity contribution in [3.05, 3.63) is 47.6 Å². The second-order valence-electron chi connectivity index (χ2n) is 19.4. The minimum atomic E-state index is -2.48. The van der Waals surface area contributed by atoms with Crippen molar-refractivity contribution < 1.29 is 63.3 Å². The summed E-state index contributed by atoms with van der Waals surface area (Å²) in [4.78, 5) is 71.4. The van der Waals surface area contributed by atoms with Crippen molar-refractivity contribution in [2.75, 3.05) is 20.8 Å². The SMILES string of the molecule is CO[C@@H]1C[C@H](C[C@@H](C)[C@@H]2CC(=O)[C@H](C)/C=C(\C)[C@@H](O)[C@@H](OC)C(=O)[C@H](C)C[C@H](C)/C=C/C=C/C=C(\C)C(O)C[C@@H]3CC[C@@H](C)[C@](O)(O3)C(=O)C(=O)N3CCCC[C@H]3C(=O)O2)CC[C@H]1O. The van der Waals surface area contributed by atoms with E-state index in [1.54, 1.807) is 60.0 Å². The largest absolute Gasteiger partial charge is 0.460 e. The highest BCUT2D eigenvalue weighted by atomic mass is 16.6. The Bertz CT molecular complexity index is 1740. The van der Waals surface area contributed by atoms with Gasteiger partial charge in [0.15, 0.2) is 5.78 Å². The lowest BCUT2D eigenvalue weighted by atomic mass is 9.78. The van der Waals surface area contributed by atoms with E-state index >= 15 is 0 Å². The second-order valence-corrected chi connectivity index (χ2v) is 19.4. The van der Waals surface area contributed by atoms with Gasteiger partial charge in [-0.25, -0.2) is 4.79 Å². The highest BCUT2D eigenvalue weighted by Crippen LogP contribution is 2.37.